The molecule has 0 unspecified atom stereocenters. The lowest BCUT2D eigenvalue weighted by atomic mass is 10.0. The van der Waals surface area contributed by atoms with Gasteiger partial charge in [-0.3, -0.25) is 4.79 Å². The van der Waals surface area contributed by atoms with Gasteiger partial charge in [0.05, 0.1) is 22.4 Å². The molecule has 11 heteroatoms. The number of hydrogen-bond donors (Lipinski definition) is 0. The Morgan fingerprint density at radius 3 is 2.06 bits per heavy atom. The van der Waals surface area contributed by atoms with Gasteiger partial charge in [0.1, 0.15) is 0 Å². The fourth-order valence-corrected chi connectivity index (χ4v) is 3.44. The molecular formula is C22H17F6N3OS. The Balaban J connectivity index is 1.98. The third kappa shape index (κ3) is 5.84. The number of aromatic nitrogens is 2. The molecule has 4 nitrogen and oxygen atoms in total. The molecule has 3 rings (SSSR count). The van der Waals surface area contributed by atoms with Crippen molar-refractivity contribution in [3.63, 3.8) is 0 Å². The Kier molecular flexibility index (Phi) is 7.01. The summed E-state index contributed by atoms with van der Waals surface area (Å²) in [5.74, 6) is -0.646. The standard InChI is InChI=1S/C22H17F6N3OS/c1-31(12-13-8-15(21(23,24)25)10-16(9-13)22(26,27)28)19(32)17-11-29-20(33-2)30-18(17)14-6-4-3-5-7-14/h3-11H,12H2,1-2H3. The monoisotopic (exact) mass is 485 g/mol. The second kappa shape index (κ2) is 9.42. The number of halogens is 6. The normalized spacial score (nSPS) is 12.0. The quantitative estimate of drug-likeness (QED) is 0.246. The molecule has 0 N–H and O–H groups in total. The van der Waals surface area contributed by atoms with Gasteiger partial charge in [-0.25, -0.2) is 9.97 Å². The van der Waals surface area contributed by atoms with Crippen molar-refractivity contribution in [1.82, 2.24) is 14.9 Å². The average molecular weight is 485 g/mol. The van der Waals surface area contributed by atoms with E-state index in [0.29, 0.717) is 28.5 Å². The van der Waals surface area contributed by atoms with E-state index in [1.54, 1.807) is 36.6 Å². The molecule has 0 atom stereocenters. The summed E-state index contributed by atoms with van der Waals surface area (Å²) in [7, 11) is 1.28. The van der Waals surface area contributed by atoms with Crippen molar-refractivity contribution in [1.29, 1.82) is 0 Å². The van der Waals surface area contributed by atoms with Crippen molar-refractivity contribution in [3.8, 4) is 11.3 Å². The molecule has 0 fully saturated rings. The summed E-state index contributed by atoms with van der Waals surface area (Å²) in [5, 5.41) is 0.403. The first-order chi connectivity index (χ1) is 15.4. The van der Waals surface area contributed by atoms with Crippen LogP contribution in [0.2, 0.25) is 0 Å². The van der Waals surface area contributed by atoms with Crippen LogP contribution in [0.5, 0.6) is 0 Å². The highest BCUT2D eigenvalue weighted by atomic mass is 32.2. The van der Waals surface area contributed by atoms with Gasteiger partial charge in [0, 0.05) is 25.4 Å². The van der Waals surface area contributed by atoms with Crippen LogP contribution in [-0.2, 0) is 18.9 Å². The third-order valence-electron chi connectivity index (χ3n) is 4.64. The molecule has 0 bridgehead atoms. The SMILES string of the molecule is CSc1ncc(C(=O)N(C)Cc2cc(C(F)(F)F)cc(C(F)(F)F)c2)c(-c2ccccc2)n1. The van der Waals surface area contributed by atoms with Crippen LogP contribution in [-0.4, -0.2) is 34.1 Å². The number of hydrogen-bond acceptors (Lipinski definition) is 4. The number of thioether (sulfide) groups is 1. The van der Waals surface area contributed by atoms with Gasteiger partial charge in [-0.05, 0) is 30.0 Å². The van der Waals surface area contributed by atoms with Gasteiger partial charge in [-0.1, -0.05) is 42.1 Å². The van der Waals surface area contributed by atoms with Gasteiger partial charge in [0.2, 0.25) is 0 Å². The maximum absolute atomic E-state index is 13.1. The summed E-state index contributed by atoms with van der Waals surface area (Å²) in [6, 6.07) is 9.98. The van der Waals surface area contributed by atoms with Crippen LogP contribution < -0.4 is 0 Å². The zero-order chi connectivity index (χ0) is 24.4. The predicted molar refractivity (Wildman–Crippen MR) is 111 cm³/mol. The molecule has 3 aromatic rings. The van der Waals surface area contributed by atoms with E-state index in [4.69, 9.17) is 0 Å². The van der Waals surface area contributed by atoms with E-state index in [0.717, 1.165) is 4.90 Å². The summed E-state index contributed by atoms with van der Waals surface area (Å²) in [6.07, 6.45) is -6.89. The fraction of sp³-hybridized carbons (Fsp3) is 0.227. The van der Waals surface area contributed by atoms with Crippen LogP contribution in [0.15, 0.2) is 59.9 Å². The molecule has 0 aliphatic heterocycles. The minimum atomic E-state index is -4.97. The molecule has 0 aliphatic carbocycles. The maximum Gasteiger partial charge on any atom is 0.416 e. The highest BCUT2D eigenvalue weighted by molar-refractivity contribution is 7.98. The van der Waals surface area contributed by atoms with Gasteiger partial charge in [-0.2, -0.15) is 26.3 Å². The van der Waals surface area contributed by atoms with Crippen molar-refractivity contribution in [3.05, 3.63) is 77.0 Å². The average Bonchev–Trinajstić information content (AvgIpc) is 2.77. The second-order valence-corrected chi connectivity index (χ2v) is 7.83. The minimum Gasteiger partial charge on any atom is -0.337 e. The molecule has 1 heterocycles. The summed E-state index contributed by atoms with van der Waals surface area (Å²) >= 11 is 1.26. The Hall–Kier alpha value is -3.08. The Morgan fingerprint density at radius 1 is 0.970 bits per heavy atom. The summed E-state index contributed by atoms with van der Waals surface area (Å²) < 4.78 is 78.9. The molecule has 1 amide bonds. The van der Waals surface area contributed by atoms with E-state index in [2.05, 4.69) is 9.97 Å². The van der Waals surface area contributed by atoms with Crippen molar-refractivity contribution in [2.75, 3.05) is 13.3 Å². The topological polar surface area (TPSA) is 46.1 Å². The number of amides is 1. The lowest BCUT2D eigenvalue weighted by Crippen LogP contribution is -2.27. The molecule has 0 saturated carbocycles. The zero-order valence-electron chi connectivity index (χ0n) is 17.3. The first kappa shape index (κ1) is 24.6. The van der Waals surface area contributed by atoms with E-state index >= 15 is 0 Å². The maximum atomic E-state index is 13.1. The second-order valence-electron chi connectivity index (χ2n) is 7.06. The Labute approximate surface area is 189 Å². The van der Waals surface area contributed by atoms with Crippen molar-refractivity contribution >= 4 is 17.7 Å². The van der Waals surface area contributed by atoms with Gasteiger partial charge < -0.3 is 4.90 Å². The molecule has 0 spiro atoms. The van der Waals surface area contributed by atoms with Gasteiger partial charge in [0.15, 0.2) is 5.16 Å². The molecule has 33 heavy (non-hydrogen) atoms. The molecule has 1 aromatic heterocycles. The van der Waals surface area contributed by atoms with Crippen molar-refractivity contribution in [2.24, 2.45) is 0 Å². The van der Waals surface area contributed by atoms with Gasteiger partial charge in [0.25, 0.3) is 5.91 Å². The summed E-state index contributed by atoms with van der Waals surface area (Å²) in [5.41, 5.74) is -2.19. The zero-order valence-corrected chi connectivity index (χ0v) is 18.1. The highest BCUT2D eigenvalue weighted by Gasteiger charge is 2.37. The molecule has 0 saturated heterocycles. The molecule has 0 radical (unpaired) electrons. The third-order valence-corrected chi connectivity index (χ3v) is 5.20. The number of carbonyl (C=O) groups excluding carboxylic acids is 1. The summed E-state index contributed by atoms with van der Waals surface area (Å²) in [6.45, 7) is -0.482. The largest absolute Gasteiger partial charge is 0.416 e. The van der Waals surface area contributed by atoms with Gasteiger partial charge >= 0.3 is 12.4 Å². The first-order valence-electron chi connectivity index (χ1n) is 9.40. The lowest BCUT2D eigenvalue weighted by molar-refractivity contribution is -0.143. The van der Waals surface area contributed by atoms with Crippen LogP contribution in [0.1, 0.15) is 27.0 Å². The first-order valence-corrected chi connectivity index (χ1v) is 10.6. The van der Waals surface area contributed by atoms with E-state index in [-0.39, 0.29) is 17.2 Å². The Morgan fingerprint density at radius 2 is 1.55 bits per heavy atom. The number of carbonyl (C=O) groups is 1. The molecule has 0 aliphatic rings. The smallest absolute Gasteiger partial charge is 0.337 e. The Bertz CT molecular complexity index is 1120. The highest BCUT2D eigenvalue weighted by Crippen LogP contribution is 2.36. The van der Waals surface area contributed by atoms with E-state index in [1.807, 2.05) is 0 Å². The molecule has 2 aromatic carbocycles. The summed E-state index contributed by atoms with van der Waals surface area (Å²) in [4.78, 5) is 22.6. The van der Waals surface area contributed by atoms with E-state index < -0.39 is 35.9 Å². The minimum absolute atomic E-state index is 0.0494. The number of nitrogens with zero attached hydrogens (tertiary/aromatic N) is 3. The molecular weight excluding hydrogens is 468 g/mol. The van der Waals surface area contributed by atoms with Gasteiger partial charge in [-0.15, -0.1) is 0 Å². The van der Waals surface area contributed by atoms with E-state index in [1.165, 1.54) is 25.0 Å². The van der Waals surface area contributed by atoms with Crippen molar-refractivity contribution in [2.45, 2.75) is 24.1 Å². The van der Waals surface area contributed by atoms with Crippen LogP contribution in [0, 0.1) is 0 Å². The predicted octanol–water partition coefficient (Wildman–Crippen LogP) is 6.18. The number of alkyl halides is 6. The number of rotatable bonds is 5. The fourth-order valence-electron chi connectivity index (χ4n) is 3.10. The molecule has 174 valence electrons. The van der Waals surface area contributed by atoms with Crippen LogP contribution in [0.4, 0.5) is 26.3 Å². The lowest BCUT2D eigenvalue weighted by Gasteiger charge is -2.21. The number of benzene rings is 2. The van der Waals surface area contributed by atoms with E-state index in [9.17, 15) is 31.1 Å². The van der Waals surface area contributed by atoms with Crippen LogP contribution >= 0.6 is 11.8 Å². The van der Waals surface area contributed by atoms with Crippen LogP contribution in [0.3, 0.4) is 0 Å². The van der Waals surface area contributed by atoms with Crippen molar-refractivity contribution < 1.29 is 31.1 Å². The van der Waals surface area contributed by atoms with Crippen LogP contribution in [0.25, 0.3) is 11.3 Å².